The van der Waals surface area contributed by atoms with Gasteiger partial charge in [0.1, 0.15) is 19.3 Å². The summed E-state index contributed by atoms with van der Waals surface area (Å²) in [6.07, 6.45) is 54.1. The molecular weight excluding hydrogens is 1230 g/mol. The van der Waals surface area contributed by atoms with Crippen LogP contribution in [0.15, 0.2) is 0 Å². The second-order valence-electron chi connectivity index (χ2n) is 27.8. The fourth-order valence-electron chi connectivity index (χ4n) is 11.4. The average Bonchev–Trinajstić information content (AvgIpc) is 1.53. The number of phosphoric ester groups is 2. The van der Waals surface area contributed by atoms with Crippen molar-refractivity contribution in [3.8, 4) is 0 Å². The Morgan fingerprint density at radius 1 is 0.309 bits per heavy atom. The minimum absolute atomic E-state index is 0.106. The zero-order valence-corrected chi connectivity index (χ0v) is 63.1. The molecule has 0 aromatic heterocycles. The Morgan fingerprint density at radius 2 is 0.543 bits per heavy atom. The second-order valence-corrected chi connectivity index (χ2v) is 30.7. The molecule has 0 fully saturated rings. The highest BCUT2D eigenvalue weighted by molar-refractivity contribution is 7.47. The van der Waals surface area contributed by atoms with Gasteiger partial charge in [0, 0.05) is 25.7 Å². The molecule has 19 heteroatoms. The number of unbranched alkanes of at least 4 members (excludes halogenated alkanes) is 43. The number of hydrogen-bond acceptors (Lipinski definition) is 15. The number of carbonyl (C=O) groups is 4. The Labute approximate surface area is 575 Å². The largest absolute Gasteiger partial charge is 0.472 e. The van der Waals surface area contributed by atoms with Crippen LogP contribution in [0.3, 0.4) is 0 Å². The molecule has 0 aromatic rings. The predicted octanol–water partition coefficient (Wildman–Crippen LogP) is 21.9. The molecule has 0 aliphatic heterocycles. The summed E-state index contributed by atoms with van der Waals surface area (Å²) in [7, 11) is -9.90. The van der Waals surface area contributed by atoms with E-state index in [0.717, 1.165) is 102 Å². The lowest BCUT2D eigenvalue weighted by atomic mass is 9.99. The van der Waals surface area contributed by atoms with Crippen molar-refractivity contribution in [1.29, 1.82) is 0 Å². The van der Waals surface area contributed by atoms with Gasteiger partial charge in [-0.25, -0.2) is 9.13 Å². The van der Waals surface area contributed by atoms with E-state index in [1.54, 1.807) is 0 Å². The number of ether oxygens (including phenoxy) is 4. The Hall–Kier alpha value is -1.94. The van der Waals surface area contributed by atoms with E-state index >= 15 is 0 Å². The molecule has 0 radical (unpaired) electrons. The third-order valence-corrected chi connectivity index (χ3v) is 19.7. The van der Waals surface area contributed by atoms with Crippen molar-refractivity contribution in [3.63, 3.8) is 0 Å². The minimum Gasteiger partial charge on any atom is -0.462 e. The molecule has 6 atom stereocenters. The van der Waals surface area contributed by atoms with E-state index in [1.807, 2.05) is 0 Å². The zero-order valence-electron chi connectivity index (χ0n) is 61.3. The Bertz CT molecular complexity index is 1820. The summed E-state index contributed by atoms with van der Waals surface area (Å²) in [6.45, 7) is 9.63. The molecule has 0 heterocycles. The van der Waals surface area contributed by atoms with E-state index in [1.165, 1.54) is 205 Å². The molecular formula is C75H146O17P2. The van der Waals surface area contributed by atoms with Crippen LogP contribution >= 0.6 is 15.6 Å². The molecule has 0 aromatic carbocycles. The minimum atomic E-state index is -4.96. The van der Waals surface area contributed by atoms with Crippen molar-refractivity contribution in [2.24, 2.45) is 11.8 Å². The van der Waals surface area contributed by atoms with E-state index in [9.17, 15) is 43.2 Å². The lowest BCUT2D eigenvalue weighted by Crippen LogP contribution is -2.30. The molecule has 0 saturated carbocycles. The van der Waals surface area contributed by atoms with Crippen LogP contribution in [0.5, 0.6) is 0 Å². The maximum absolute atomic E-state index is 13.1. The molecule has 17 nitrogen and oxygen atoms in total. The lowest BCUT2D eigenvalue weighted by molar-refractivity contribution is -0.161. The summed E-state index contributed by atoms with van der Waals surface area (Å²) in [4.78, 5) is 72.6. The first-order valence-electron chi connectivity index (χ1n) is 39.0. The molecule has 0 aliphatic rings. The number of aliphatic hydroxyl groups is 1. The van der Waals surface area contributed by atoms with Crippen LogP contribution in [0.25, 0.3) is 0 Å². The SMILES string of the molecule is CCCCCCCCCCCCC(=O)O[C@H](COC(=O)CCCCCCCCCCC)COP(=O)(O)OC[C@H](O)COP(=O)(O)OC[C@@H](COC(=O)CCCCCCCCCCCCC(C)CC)OC(=O)CCCCCCCCCCCCCCCCCCCCC(C)C. The summed E-state index contributed by atoms with van der Waals surface area (Å²) >= 11 is 0. The highest BCUT2D eigenvalue weighted by atomic mass is 31.2. The van der Waals surface area contributed by atoms with Gasteiger partial charge >= 0.3 is 39.5 Å². The lowest BCUT2D eigenvalue weighted by Gasteiger charge is -2.21. The standard InChI is InChI=1S/C75H146O17P2/c1-7-10-12-14-16-18-34-41-47-53-59-74(79)91-70(63-85-72(77)57-51-45-39-31-17-15-13-11-8-2)65-89-93(81,82)87-61-69(76)62-88-94(83,84)90-66-71(64-86-73(78)58-52-46-40-35-30-29-33-38-44-50-56-68(6)9-3)92-75(80)60-54-48-42-36-28-26-24-22-20-19-21-23-25-27-32-37-43-49-55-67(4)5/h67-71,76H,7-66H2,1-6H3,(H,81,82)(H,83,84)/t68?,69-,70+,71+/m0/s1. The van der Waals surface area contributed by atoms with Crippen molar-refractivity contribution < 1.29 is 80.2 Å². The first-order valence-corrected chi connectivity index (χ1v) is 42.0. The van der Waals surface area contributed by atoms with Crippen LogP contribution in [0.2, 0.25) is 0 Å². The average molecular weight is 1380 g/mol. The van der Waals surface area contributed by atoms with E-state index in [0.29, 0.717) is 25.7 Å². The van der Waals surface area contributed by atoms with Gasteiger partial charge in [0.2, 0.25) is 0 Å². The molecule has 94 heavy (non-hydrogen) atoms. The smallest absolute Gasteiger partial charge is 0.462 e. The molecule has 3 unspecified atom stereocenters. The maximum atomic E-state index is 13.1. The van der Waals surface area contributed by atoms with Crippen molar-refractivity contribution in [3.05, 3.63) is 0 Å². The topological polar surface area (TPSA) is 237 Å². The molecule has 3 N–H and O–H groups in total. The van der Waals surface area contributed by atoms with Crippen LogP contribution < -0.4 is 0 Å². The number of hydrogen-bond donors (Lipinski definition) is 3. The third-order valence-electron chi connectivity index (χ3n) is 17.8. The normalized spacial score (nSPS) is 14.3. The van der Waals surface area contributed by atoms with Gasteiger partial charge in [0.25, 0.3) is 0 Å². The van der Waals surface area contributed by atoms with Crippen molar-refractivity contribution >= 4 is 39.5 Å². The summed E-state index contributed by atoms with van der Waals surface area (Å²) in [5.74, 6) is -0.489. The number of aliphatic hydroxyl groups excluding tert-OH is 1. The summed E-state index contributed by atoms with van der Waals surface area (Å²) < 4.78 is 68.4. The zero-order chi connectivity index (χ0) is 69.3. The van der Waals surface area contributed by atoms with Crippen LogP contribution in [0.4, 0.5) is 0 Å². The molecule has 0 aliphatic carbocycles. The number of carbonyl (C=O) groups excluding carboxylic acids is 4. The van der Waals surface area contributed by atoms with Crippen molar-refractivity contribution in [2.45, 2.75) is 407 Å². The van der Waals surface area contributed by atoms with Gasteiger partial charge in [-0.2, -0.15) is 0 Å². The third kappa shape index (κ3) is 67.3. The molecule has 0 saturated heterocycles. The monoisotopic (exact) mass is 1380 g/mol. The number of esters is 4. The summed E-state index contributed by atoms with van der Waals surface area (Å²) in [6, 6.07) is 0. The van der Waals surface area contributed by atoms with Gasteiger partial charge in [0.15, 0.2) is 12.2 Å². The van der Waals surface area contributed by atoms with E-state index < -0.39 is 97.5 Å². The molecule has 0 bridgehead atoms. The van der Waals surface area contributed by atoms with Gasteiger partial charge < -0.3 is 33.8 Å². The fourth-order valence-corrected chi connectivity index (χ4v) is 13.0. The molecule has 558 valence electrons. The van der Waals surface area contributed by atoms with Crippen LogP contribution in [-0.2, 0) is 65.4 Å². The Morgan fingerprint density at radius 3 is 0.809 bits per heavy atom. The molecule has 0 rings (SSSR count). The summed E-state index contributed by atoms with van der Waals surface area (Å²) in [5, 5.41) is 10.6. The fraction of sp³-hybridized carbons (Fsp3) is 0.947. The highest BCUT2D eigenvalue weighted by Crippen LogP contribution is 2.45. The van der Waals surface area contributed by atoms with E-state index in [-0.39, 0.29) is 25.7 Å². The van der Waals surface area contributed by atoms with Gasteiger partial charge in [-0.3, -0.25) is 37.3 Å². The molecule has 0 spiro atoms. The van der Waals surface area contributed by atoms with E-state index in [2.05, 4.69) is 41.5 Å². The summed E-state index contributed by atoms with van der Waals surface area (Å²) in [5.41, 5.74) is 0. The van der Waals surface area contributed by atoms with Crippen molar-refractivity contribution in [2.75, 3.05) is 39.6 Å². The van der Waals surface area contributed by atoms with E-state index in [4.69, 9.17) is 37.0 Å². The Balaban J connectivity index is 5.18. The number of phosphoric acid groups is 2. The van der Waals surface area contributed by atoms with Gasteiger partial charge in [0.05, 0.1) is 26.4 Å². The van der Waals surface area contributed by atoms with Crippen LogP contribution in [-0.4, -0.2) is 96.7 Å². The first-order chi connectivity index (χ1) is 45.4. The first kappa shape index (κ1) is 92.1. The van der Waals surface area contributed by atoms with Gasteiger partial charge in [-0.15, -0.1) is 0 Å². The van der Waals surface area contributed by atoms with Crippen LogP contribution in [0.1, 0.15) is 388 Å². The predicted molar refractivity (Wildman–Crippen MR) is 381 cm³/mol. The van der Waals surface area contributed by atoms with Crippen LogP contribution in [0, 0.1) is 11.8 Å². The van der Waals surface area contributed by atoms with Gasteiger partial charge in [-0.05, 0) is 37.5 Å². The second kappa shape index (κ2) is 66.9. The molecule has 0 amide bonds. The van der Waals surface area contributed by atoms with Gasteiger partial charge in [-0.1, -0.05) is 337 Å². The Kier molecular flexibility index (Phi) is 65.5. The highest BCUT2D eigenvalue weighted by Gasteiger charge is 2.30. The number of rotatable bonds is 74. The maximum Gasteiger partial charge on any atom is 0.472 e. The quantitative estimate of drug-likeness (QED) is 0.0222. The van der Waals surface area contributed by atoms with Crippen molar-refractivity contribution in [1.82, 2.24) is 0 Å².